The summed E-state index contributed by atoms with van der Waals surface area (Å²) in [7, 11) is 5.48. The van der Waals surface area contributed by atoms with Gasteiger partial charge in [-0.2, -0.15) is 0 Å². The van der Waals surface area contributed by atoms with Crippen molar-refractivity contribution < 1.29 is 0 Å². The van der Waals surface area contributed by atoms with Gasteiger partial charge in [0.25, 0.3) is 0 Å². The van der Waals surface area contributed by atoms with Crippen molar-refractivity contribution in [3.8, 4) is 0 Å². The Labute approximate surface area is 78.3 Å². The molecule has 0 aromatic carbocycles. The van der Waals surface area contributed by atoms with Gasteiger partial charge in [0, 0.05) is 0 Å². The molecule has 0 saturated heterocycles. The van der Waals surface area contributed by atoms with Crippen LogP contribution in [0.2, 0.25) is 6.04 Å². The first-order chi connectivity index (χ1) is 5.74. The molecule has 0 aliphatic heterocycles. The number of hydrogen-bond acceptors (Lipinski definition) is 3. The van der Waals surface area contributed by atoms with Crippen LogP contribution in [-0.2, 0) is 0 Å². The Kier molecular flexibility index (Phi) is 7.79. The fourth-order valence-electron chi connectivity index (χ4n) is 1.28. The fraction of sp³-hybridized carbons (Fsp3) is 1.00. The summed E-state index contributed by atoms with van der Waals surface area (Å²) in [5, 5.41) is 0. The van der Waals surface area contributed by atoms with E-state index in [1.807, 2.05) is 14.1 Å². The molecule has 4 heteroatoms. The lowest BCUT2D eigenvalue weighted by molar-refractivity contribution is 0.351. The molecule has 0 radical (unpaired) electrons. The Morgan fingerprint density at radius 2 is 1.75 bits per heavy atom. The Balaban J connectivity index is 3.37. The van der Waals surface area contributed by atoms with Crippen LogP contribution in [0.3, 0.4) is 0 Å². The van der Waals surface area contributed by atoms with Crippen molar-refractivity contribution >= 4 is 9.12 Å². The van der Waals surface area contributed by atoms with Crippen LogP contribution in [-0.4, -0.2) is 48.3 Å². The Morgan fingerprint density at radius 1 is 1.17 bits per heavy atom. The maximum absolute atomic E-state index is 3.35. The van der Waals surface area contributed by atoms with Gasteiger partial charge in [0.15, 0.2) is 9.12 Å². The molecule has 0 rings (SSSR count). The lowest BCUT2D eigenvalue weighted by Crippen LogP contribution is -2.45. The molecule has 0 saturated carbocycles. The maximum atomic E-state index is 3.35. The normalized spacial score (nSPS) is 11.5. The van der Waals surface area contributed by atoms with E-state index in [1.54, 1.807) is 0 Å². The SMILES string of the molecule is CCCN(C)CC[SiH](NC)NC. The number of hydrogen-bond donors (Lipinski definition) is 2. The molecule has 0 aliphatic carbocycles. The van der Waals surface area contributed by atoms with E-state index in [-0.39, 0.29) is 0 Å². The molecule has 0 fully saturated rings. The first kappa shape index (κ1) is 12.1. The molecule has 74 valence electrons. The summed E-state index contributed by atoms with van der Waals surface area (Å²) in [6.45, 7) is 4.66. The third kappa shape index (κ3) is 5.71. The van der Waals surface area contributed by atoms with E-state index < -0.39 is 9.12 Å². The molecule has 0 aromatic rings. The van der Waals surface area contributed by atoms with E-state index in [9.17, 15) is 0 Å². The van der Waals surface area contributed by atoms with Crippen LogP contribution in [0.4, 0.5) is 0 Å². The summed E-state index contributed by atoms with van der Waals surface area (Å²) in [6.07, 6.45) is 1.25. The van der Waals surface area contributed by atoms with Gasteiger partial charge in [-0.25, -0.2) is 0 Å². The summed E-state index contributed by atoms with van der Waals surface area (Å²) in [5.74, 6) is 0. The topological polar surface area (TPSA) is 27.3 Å². The van der Waals surface area contributed by atoms with E-state index in [0.717, 1.165) is 0 Å². The summed E-state index contributed by atoms with van der Waals surface area (Å²) in [6, 6.07) is 1.30. The second kappa shape index (κ2) is 7.73. The molecule has 0 aliphatic rings. The zero-order valence-corrected chi connectivity index (χ0v) is 10.0. The number of nitrogens with one attached hydrogen (secondary N) is 2. The molecule has 0 bridgehead atoms. The van der Waals surface area contributed by atoms with Crippen LogP contribution in [0.25, 0.3) is 0 Å². The highest BCUT2D eigenvalue weighted by Gasteiger charge is 2.06. The Morgan fingerprint density at radius 3 is 2.17 bits per heavy atom. The quantitative estimate of drug-likeness (QED) is 0.552. The highest BCUT2D eigenvalue weighted by Crippen LogP contribution is 1.91. The average Bonchev–Trinajstić information content (AvgIpc) is 2.07. The van der Waals surface area contributed by atoms with Crippen molar-refractivity contribution in [1.82, 2.24) is 14.9 Å². The third-order valence-electron chi connectivity index (χ3n) is 2.10. The smallest absolute Gasteiger partial charge is 0.185 e. The van der Waals surface area contributed by atoms with E-state index in [4.69, 9.17) is 0 Å². The monoisotopic (exact) mass is 189 g/mol. The van der Waals surface area contributed by atoms with E-state index in [0.29, 0.717) is 0 Å². The van der Waals surface area contributed by atoms with Gasteiger partial charge in [-0.05, 0) is 46.7 Å². The van der Waals surface area contributed by atoms with Gasteiger partial charge in [-0.1, -0.05) is 6.92 Å². The van der Waals surface area contributed by atoms with Crippen LogP contribution in [0, 0.1) is 0 Å². The van der Waals surface area contributed by atoms with Gasteiger partial charge in [0.2, 0.25) is 0 Å². The Hall–Kier alpha value is 0.0969. The van der Waals surface area contributed by atoms with Crippen LogP contribution < -0.4 is 9.96 Å². The first-order valence-corrected chi connectivity index (χ1v) is 6.74. The first-order valence-electron chi connectivity index (χ1n) is 4.77. The predicted octanol–water partition coefficient (Wildman–Crippen LogP) is -0.0125. The van der Waals surface area contributed by atoms with Crippen LogP contribution in [0.5, 0.6) is 0 Å². The van der Waals surface area contributed by atoms with Crippen molar-refractivity contribution in [2.45, 2.75) is 19.4 Å². The van der Waals surface area contributed by atoms with Crippen molar-refractivity contribution in [2.75, 3.05) is 34.2 Å². The minimum atomic E-state index is -0.815. The average molecular weight is 189 g/mol. The zero-order valence-electron chi connectivity index (χ0n) is 8.85. The van der Waals surface area contributed by atoms with Crippen LogP contribution >= 0.6 is 0 Å². The predicted molar refractivity (Wildman–Crippen MR) is 57.9 cm³/mol. The molecule has 2 N–H and O–H groups in total. The highest BCUT2D eigenvalue weighted by atomic mass is 28.3. The number of nitrogens with zero attached hydrogens (tertiary/aromatic N) is 1. The minimum Gasteiger partial charge on any atom is -0.331 e. The molecular weight excluding hydrogens is 166 g/mol. The second-order valence-electron chi connectivity index (χ2n) is 3.22. The van der Waals surface area contributed by atoms with Gasteiger partial charge < -0.3 is 14.9 Å². The van der Waals surface area contributed by atoms with Crippen molar-refractivity contribution in [1.29, 1.82) is 0 Å². The molecule has 3 nitrogen and oxygen atoms in total. The van der Waals surface area contributed by atoms with Crippen molar-refractivity contribution in [2.24, 2.45) is 0 Å². The van der Waals surface area contributed by atoms with Crippen LogP contribution in [0.1, 0.15) is 13.3 Å². The van der Waals surface area contributed by atoms with E-state index in [2.05, 4.69) is 28.8 Å². The third-order valence-corrected chi connectivity index (χ3v) is 4.33. The molecule has 12 heavy (non-hydrogen) atoms. The fourth-order valence-corrected chi connectivity index (χ4v) is 2.84. The molecular formula is C8H23N3Si. The van der Waals surface area contributed by atoms with E-state index in [1.165, 1.54) is 25.6 Å². The van der Waals surface area contributed by atoms with Crippen LogP contribution in [0.15, 0.2) is 0 Å². The molecule has 0 heterocycles. The lowest BCUT2D eigenvalue weighted by Gasteiger charge is -2.18. The summed E-state index contributed by atoms with van der Waals surface area (Å²) >= 11 is 0. The highest BCUT2D eigenvalue weighted by molar-refractivity contribution is 6.53. The maximum Gasteiger partial charge on any atom is 0.185 e. The zero-order chi connectivity index (χ0) is 9.40. The van der Waals surface area contributed by atoms with Gasteiger partial charge >= 0.3 is 0 Å². The molecule has 0 atom stereocenters. The van der Waals surface area contributed by atoms with E-state index >= 15 is 0 Å². The largest absolute Gasteiger partial charge is 0.331 e. The van der Waals surface area contributed by atoms with Gasteiger partial charge in [-0.15, -0.1) is 0 Å². The van der Waals surface area contributed by atoms with Crippen molar-refractivity contribution in [3.05, 3.63) is 0 Å². The van der Waals surface area contributed by atoms with Crippen molar-refractivity contribution in [3.63, 3.8) is 0 Å². The summed E-state index contributed by atoms with van der Waals surface area (Å²) < 4.78 is 0. The second-order valence-corrected chi connectivity index (χ2v) is 6.06. The minimum absolute atomic E-state index is 0.815. The lowest BCUT2D eigenvalue weighted by atomic mass is 10.4. The summed E-state index contributed by atoms with van der Waals surface area (Å²) in [4.78, 5) is 9.10. The molecule has 0 aromatic heterocycles. The standard InChI is InChI=1S/C8H23N3Si/c1-5-6-11(4)7-8-12(9-2)10-3/h9-10,12H,5-8H2,1-4H3. The molecule has 0 amide bonds. The molecule has 0 spiro atoms. The van der Waals surface area contributed by atoms with Gasteiger partial charge in [0.05, 0.1) is 0 Å². The molecule has 0 unspecified atom stereocenters. The van der Waals surface area contributed by atoms with Gasteiger partial charge in [0.1, 0.15) is 0 Å². The van der Waals surface area contributed by atoms with Gasteiger partial charge in [-0.3, -0.25) is 0 Å². The summed E-state index contributed by atoms with van der Waals surface area (Å²) in [5.41, 5.74) is 0. The Bertz CT molecular complexity index is 96.3. The number of rotatable bonds is 7.